The van der Waals surface area contributed by atoms with Crippen LogP contribution in [0.3, 0.4) is 0 Å². The van der Waals surface area contributed by atoms with Crippen LogP contribution in [0, 0.1) is 11.2 Å². The fraction of sp³-hybridized carbons (Fsp3) is 0.304. The van der Waals surface area contributed by atoms with Crippen LogP contribution in [0.15, 0.2) is 54.1 Å². The summed E-state index contributed by atoms with van der Waals surface area (Å²) in [6.07, 6.45) is 1.41. The quantitative estimate of drug-likeness (QED) is 0.426. The molecule has 1 saturated heterocycles. The number of halogens is 1. The molecule has 0 N–H and O–H groups in total. The van der Waals surface area contributed by atoms with Crippen molar-refractivity contribution in [3.05, 3.63) is 71.0 Å². The zero-order chi connectivity index (χ0) is 21.2. The van der Waals surface area contributed by atoms with E-state index in [1.165, 1.54) is 12.1 Å². The lowest BCUT2D eigenvalue weighted by atomic mass is 9.85. The first-order valence-corrected chi connectivity index (χ1v) is 9.24. The summed E-state index contributed by atoms with van der Waals surface area (Å²) >= 11 is 0. The van der Waals surface area contributed by atoms with E-state index in [9.17, 15) is 14.0 Å². The van der Waals surface area contributed by atoms with Gasteiger partial charge in [-0.05, 0) is 29.8 Å². The minimum absolute atomic E-state index is 0.0944. The fourth-order valence-corrected chi connectivity index (χ4v) is 2.60. The Hall–Kier alpha value is -3.15. The Balaban J connectivity index is 1.70. The van der Waals surface area contributed by atoms with Crippen molar-refractivity contribution in [3.63, 3.8) is 0 Å². The first-order chi connectivity index (χ1) is 13.6. The summed E-state index contributed by atoms with van der Waals surface area (Å²) in [7, 11) is 0. The van der Waals surface area contributed by atoms with E-state index in [-0.39, 0.29) is 18.0 Å². The topological polar surface area (TPSA) is 61.8 Å². The Morgan fingerprint density at radius 1 is 1.00 bits per heavy atom. The smallest absolute Gasteiger partial charge is 0.348 e. The second kappa shape index (κ2) is 7.70. The number of carbonyl (C=O) groups is 2. The van der Waals surface area contributed by atoms with E-state index in [1.807, 2.05) is 20.8 Å². The van der Waals surface area contributed by atoms with Crippen molar-refractivity contribution in [2.75, 3.05) is 0 Å². The monoisotopic (exact) mass is 398 g/mol. The molecule has 0 bridgehead atoms. The van der Waals surface area contributed by atoms with Gasteiger partial charge in [0.2, 0.25) is 0 Å². The lowest BCUT2D eigenvalue weighted by Gasteiger charge is -2.42. The molecule has 2 aromatic rings. The van der Waals surface area contributed by atoms with Gasteiger partial charge in [-0.25, -0.2) is 14.0 Å². The van der Waals surface area contributed by atoms with Crippen molar-refractivity contribution in [3.8, 4) is 5.75 Å². The van der Waals surface area contributed by atoms with Crippen LogP contribution in [0.25, 0.3) is 6.08 Å². The molecule has 2 aromatic carbocycles. The first kappa shape index (κ1) is 20.6. The van der Waals surface area contributed by atoms with Crippen molar-refractivity contribution in [1.82, 2.24) is 0 Å². The van der Waals surface area contributed by atoms with Gasteiger partial charge >= 0.3 is 11.9 Å². The van der Waals surface area contributed by atoms with Gasteiger partial charge in [0.25, 0.3) is 5.79 Å². The van der Waals surface area contributed by atoms with Gasteiger partial charge < -0.3 is 14.2 Å². The maximum absolute atomic E-state index is 13.6. The molecular weight excluding hydrogens is 375 g/mol. The maximum Gasteiger partial charge on any atom is 0.348 e. The first-order valence-electron chi connectivity index (χ1n) is 9.24. The molecule has 0 amide bonds. The van der Waals surface area contributed by atoms with Crippen molar-refractivity contribution >= 4 is 18.0 Å². The largest absolute Gasteiger partial charge is 0.489 e. The van der Waals surface area contributed by atoms with Crippen LogP contribution in [0.1, 0.15) is 38.8 Å². The molecule has 0 radical (unpaired) electrons. The maximum atomic E-state index is 13.6. The zero-order valence-corrected chi connectivity index (χ0v) is 16.8. The van der Waals surface area contributed by atoms with E-state index in [2.05, 4.69) is 0 Å². The van der Waals surface area contributed by atoms with E-state index >= 15 is 0 Å². The van der Waals surface area contributed by atoms with E-state index < -0.39 is 23.1 Å². The summed E-state index contributed by atoms with van der Waals surface area (Å²) in [6.45, 7) is 7.13. The molecule has 0 unspecified atom stereocenters. The highest BCUT2D eigenvalue weighted by molar-refractivity contribution is 6.18. The molecule has 5 nitrogen and oxygen atoms in total. The van der Waals surface area contributed by atoms with Crippen LogP contribution in [-0.2, 0) is 25.7 Å². The van der Waals surface area contributed by atoms with E-state index in [4.69, 9.17) is 14.2 Å². The zero-order valence-electron chi connectivity index (χ0n) is 16.8. The van der Waals surface area contributed by atoms with Gasteiger partial charge in [0, 0.05) is 17.9 Å². The number of ether oxygens (including phenoxy) is 3. The summed E-state index contributed by atoms with van der Waals surface area (Å²) in [4.78, 5) is 24.8. The lowest BCUT2D eigenvalue weighted by Crippen LogP contribution is -2.52. The average Bonchev–Trinajstić information content (AvgIpc) is 2.64. The molecule has 0 atom stereocenters. The van der Waals surface area contributed by atoms with E-state index in [1.54, 1.807) is 49.4 Å². The highest BCUT2D eigenvalue weighted by Gasteiger charge is 2.50. The highest BCUT2D eigenvalue weighted by atomic mass is 19.1. The number of cyclic esters (lactones) is 2. The van der Waals surface area contributed by atoms with Gasteiger partial charge in [0.05, 0.1) is 0 Å². The molecule has 1 aliphatic heterocycles. The normalized spacial score (nSPS) is 19.4. The summed E-state index contributed by atoms with van der Waals surface area (Å²) in [5, 5.41) is 0. The van der Waals surface area contributed by atoms with E-state index in [0.717, 1.165) is 0 Å². The minimum atomic E-state index is -1.33. The number of hydrogen-bond donors (Lipinski definition) is 0. The summed E-state index contributed by atoms with van der Waals surface area (Å²) in [5.74, 6) is -2.57. The Morgan fingerprint density at radius 2 is 1.59 bits per heavy atom. The number of esters is 2. The Morgan fingerprint density at radius 3 is 2.14 bits per heavy atom. The number of benzene rings is 2. The second-order valence-corrected chi connectivity index (χ2v) is 7.98. The van der Waals surface area contributed by atoms with Crippen LogP contribution in [0.4, 0.5) is 4.39 Å². The van der Waals surface area contributed by atoms with Gasteiger partial charge in [-0.15, -0.1) is 0 Å². The molecule has 1 heterocycles. The molecule has 152 valence electrons. The standard InChI is InChI=1S/C23H23FO5/c1-22(2,3)23(4)28-20(25)18(21(26)29-23)13-15-9-11-17(12-10-15)27-14-16-7-5-6-8-19(16)24/h5-13H,14H2,1-4H3. The Labute approximate surface area is 169 Å². The fourth-order valence-electron chi connectivity index (χ4n) is 2.60. The SMILES string of the molecule is CC(C)(C)C1(C)OC(=O)C(=Cc2ccc(OCc3ccccc3F)cc2)C(=O)O1. The van der Waals surface area contributed by atoms with Crippen LogP contribution in [0.5, 0.6) is 5.75 Å². The molecule has 3 rings (SSSR count). The second-order valence-electron chi connectivity index (χ2n) is 7.98. The van der Waals surface area contributed by atoms with E-state index in [0.29, 0.717) is 16.9 Å². The van der Waals surface area contributed by atoms with Gasteiger partial charge in [-0.2, -0.15) is 0 Å². The molecule has 0 aromatic heterocycles. The van der Waals surface area contributed by atoms with Crippen molar-refractivity contribution in [1.29, 1.82) is 0 Å². The molecule has 6 heteroatoms. The molecule has 0 saturated carbocycles. The third kappa shape index (κ3) is 4.47. The van der Waals surface area contributed by atoms with Gasteiger partial charge in [-0.3, -0.25) is 0 Å². The van der Waals surface area contributed by atoms with Gasteiger partial charge in [0.15, 0.2) is 0 Å². The molecule has 29 heavy (non-hydrogen) atoms. The summed E-state index contributed by atoms with van der Waals surface area (Å²) in [6, 6.07) is 13.1. The summed E-state index contributed by atoms with van der Waals surface area (Å²) in [5.41, 5.74) is 0.313. The number of hydrogen-bond acceptors (Lipinski definition) is 5. The van der Waals surface area contributed by atoms with Gasteiger partial charge in [0.1, 0.15) is 23.7 Å². The molecule has 1 aliphatic rings. The molecular formula is C23H23FO5. The Bertz CT molecular complexity index is 934. The van der Waals surface area contributed by atoms with Crippen molar-refractivity contribution in [2.45, 2.75) is 40.1 Å². The highest BCUT2D eigenvalue weighted by Crippen LogP contribution is 2.39. The average molecular weight is 398 g/mol. The Kier molecular flexibility index (Phi) is 5.46. The third-order valence-electron chi connectivity index (χ3n) is 4.92. The van der Waals surface area contributed by atoms with Crippen LogP contribution >= 0.6 is 0 Å². The molecule has 1 fully saturated rings. The third-order valence-corrected chi connectivity index (χ3v) is 4.92. The molecule has 0 spiro atoms. The minimum Gasteiger partial charge on any atom is -0.489 e. The molecule has 0 aliphatic carbocycles. The van der Waals surface area contributed by atoms with Gasteiger partial charge in [-0.1, -0.05) is 51.1 Å². The predicted molar refractivity (Wildman–Crippen MR) is 105 cm³/mol. The number of carbonyl (C=O) groups excluding carboxylic acids is 2. The number of rotatable bonds is 4. The van der Waals surface area contributed by atoms with Crippen molar-refractivity contribution in [2.24, 2.45) is 5.41 Å². The summed E-state index contributed by atoms with van der Waals surface area (Å²) < 4.78 is 30.0. The van der Waals surface area contributed by atoms with Crippen LogP contribution < -0.4 is 4.74 Å². The van der Waals surface area contributed by atoms with Crippen LogP contribution in [-0.4, -0.2) is 17.7 Å². The van der Waals surface area contributed by atoms with Crippen molar-refractivity contribution < 1.29 is 28.2 Å². The van der Waals surface area contributed by atoms with Crippen LogP contribution in [0.2, 0.25) is 0 Å². The predicted octanol–water partition coefficient (Wildman–Crippen LogP) is 4.65. The lowest BCUT2D eigenvalue weighted by molar-refractivity contribution is -0.261.